The van der Waals surface area contributed by atoms with Crippen LogP contribution in [-0.2, 0) is 4.79 Å². The summed E-state index contributed by atoms with van der Waals surface area (Å²) in [6.45, 7) is 0. The molecule has 0 aromatic heterocycles. The second-order valence-electron chi connectivity index (χ2n) is 3.78. The molecule has 1 unspecified atom stereocenters. The molecule has 1 heteroatoms. The van der Waals surface area contributed by atoms with Crippen molar-refractivity contribution in [2.75, 3.05) is 0 Å². The van der Waals surface area contributed by atoms with E-state index in [-0.39, 0.29) is 0 Å². The van der Waals surface area contributed by atoms with Crippen LogP contribution in [0.3, 0.4) is 0 Å². The Morgan fingerprint density at radius 3 is 2.82 bits per heavy atom. The topological polar surface area (TPSA) is 17.1 Å². The maximum atomic E-state index is 10.1. The predicted octanol–water partition coefficient (Wildman–Crippen LogP) is 2.18. The molecule has 2 bridgehead atoms. The van der Waals surface area contributed by atoms with Gasteiger partial charge in [-0.2, -0.15) is 0 Å². The molecule has 0 radical (unpaired) electrons. The number of hydrogen-bond donors (Lipinski definition) is 0. The van der Waals surface area contributed by atoms with Crippen molar-refractivity contribution in [3.63, 3.8) is 0 Å². The van der Waals surface area contributed by atoms with Crippen LogP contribution in [0.15, 0.2) is 12.2 Å². The zero-order chi connectivity index (χ0) is 7.68. The van der Waals surface area contributed by atoms with Gasteiger partial charge in [0.2, 0.25) is 0 Å². The Kier molecular flexibility index (Phi) is 1.80. The molecule has 0 saturated heterocycles. The summed E-state index contributed by atoms with van der Waals surface area (Å²) in [6, 6.07) is 0. The molecule has 2 rings (SSSR count). The van der Waals surface area contributed by atoms with Crippen molar-refractivity contribution >= 4 is 6.29 Å². The number of fused-ring (bicyclic) bond motifs is 2. The van der Waals surface area contributed by atoms with Crippen LogP contribution in [-0.4, -0.2) is 6.29 Å². The quantitative estimate of drug-likeness (QED) is 0.445. The van der Waals surface area contributed by atoms with Gasteiger partial charge >= 0.3 is 0 Å². The van der Waals surface area contributed by atoms with Gasteiger partial charge in [-0.3, -0.25) is 0 Å². The molecule has 2 aliphatic carbocycles. The molecule has 1 saturated carbocycles. The molecule has 0 heterocycles. The molecule has 0 N–H and O–H groups in total. The van der Waals surface area contributed by atoms with Crippen LogP contribution < -0.4 is 0 Å². The molecule has 1 nitrogen and oxygen atoms in total. The molecule has 0 aromatic carbocycles. The molecule has 11 heavy (non-hydrogen) atoms. The Hall–Kier alpha value is -0.590. The molecular formula is C10H14O. The SMILES string of the molecule is O=CCCC1C[C@@H]2C=C[C@H]1C2. The summed E-state index contributed by atoms with van der Waals surface area (Å²) >= 11 is 0. The number of rotatable bonds is 3. The maximum Gasteiger partial charge on any atom is 0.120 e. The van der Waals surface area contributed by atoms with Gasteiger partial charge < -0.3 is 4.79 Å². The van der Waals surface area contributed by atoms with E-state index < -0.39 is 0 Å². The summed E-state index contributed by atoms with van der Waals surface area (Å²) in [5.74, 6) is 2.51. The van der Waals surface area contributed by atoms with Gasteiger partial charge in [-0.15, -0.1) is 0 Å². The number of aldehydes is 1. The van der Waals surface area contributed by atoms with Gasteiger partial charge in [0, 0.05) is 6.42 Å². The highest BCUT2D eigenvalue weighted by Gasteiger charge is 2.34. The Balaban J connectivity index is 1.88. The van der Waals surface area contributed by atoms with Crippen molar-refractivity contribution in [2.24, 2.45) is 17.8 Å². The van der Waals surface area contributed by atoms with Gasteiger partial charge in [0.25, 0.3) is 0 Å². The lowest BCUT2D eigenvalue weighted by molar-refractivity contribution is -0.108. The van der Waals surface area contributed by atoms with E-state index in [0.717, 1.165) is 36.9 Å². The van der Waals surface area contributed by atoms with Gasteiger partial charge in [0.05, 0.1) is 0 Å². The zero-order valence-corrected chi connectivity index (χ0v) is 6.70. The maximum absolute atomic E-state index is 10.1. The van der Waals surface area contributed by atoms with E-state index >= 15 is 0 Å². The fourth-order valence-electron chi connectivity index (χ4n) is 2.51. The molecule has 3 atom stereocenters. The Bertz CT molecular complexity index is 183. The lowest BCUT2D eigenvalue weighted by Crippen LogP contribution is -2.06. The van der Waals surface area contributed by atoms with Gasteiger partial charge in [0.1, 0.15) is 6.29 Å². The normalized spacial score (nSPS) is 39.8. The van der Waals surface area contributed by atoms with E-state index in [2.05, 4.69) is 12.2 Å². The highest BCUT2D eigenvalue weighted by atomic mass is 16.1. The fraction of sp³-hybridized carbons (Fsp3) is 0.700. The Morgan fingerprint density at radius 2 is 2.27 bits per heavy atom. The van der Waals surface area contributed by atoms with Crippen molar-refractivity contribution in [2.45, 2.75) is 25.7 Å². The highest BCUT2D eigenvalue weighted by molar-refractivity contribution is 5.49. The van der Waals surface area contributed by atoms with Crippen molar-refractivity contribution in [1.82, 2.24) is 0 Å². The summed E-state index contributed by atoms with van der Waals surface area (Å²) in [6.07, 6.45) is 10.3. The standard InChI is InChI=1S/C10H14O/c11-5-1-2-9-6-8-3-4-10(9)7-8/h3-5,8-10H,1-2,6-7H2/t8-,9?,10-/m0/s1. The zero-order valence-electron chi connectivity index (χ0n) is 6.70. The van der Waals surface area contributed by atoms with Crippen LogP contribution in [0.5, 0.6) is 0 Å². The number of carbonyl (C=O) groups is 1. The molecule has 1 fully saturated rings. The van der Waals surface area contributed by atoms with E-state index in [1.165, 1.54) is 12.8 Å². The van der Waals surface area contributed by atoms with E-state index in [0.29, 0.717) is 0 Å². The van der Waals surface area contributed by atoms with E-state index in [1.54, 1.807) is 0 Å². The molecule has 0 amide bonds. The van der Waals surface area contributed by atoms with Crippen molar-refractivity contribution in [3.05, 3.63) is 12.2 Å². The van der Waals surface area contributed by atoms with Gasteiger partial charge in [-0.05, 0) is 37.0 Å². The number of hydrogen-bond acceptors (Lipinski definition) is 1. The lowest BCUT2D eigenvalue weighted by atomic mass is 9.90. The molecule has 2 aliphatic rings. The minimum atomic E-state index is 0.766. The predicted molar refractivity (Wildman–Crippen MR) is 44.1 cm³/mol. The first-order chi connectivity index (χ1) is 5.40. The largest absolute Gasteiger partial charge is 0.303 e. The smallest absolute Gasteiger partial charge is 0.120 e. The van der Waals surface area contributed by atoms with Crippen molar-refractivity contribution < 1.29 is 4.79 Å². The molecule has 0 aliphatic heterocycles. The average molecular weight is 150 g/mol. The summed E-state index contributed by atoms with van der Waals surface area (Å²) in [4.78, 5) is 10.1. The molecule has 60 valence electrons. The summed E-state index contributed by atoms with van der Waals surface area (Å²) < 4.78 is 0. The minimum absolute atomic E-state index is 0.766. The van der Waals surface area contributed by atoms with Gasteiger partial charge in [0.15, 0.2) is 0 Å². The van der Waals surface area contributed by atoms with Crippen LogP contribution in [0.1, 0.15) is 25.7 Å². The third-order valence-electron chi connectivity index (χ3n) is 3.07. The first-order valence-corrected chi connectivity index (χ1v) is 4.52. The van der Waals surface area contributed by atoms with E-state index in [9.17, 15) is 4.79 Å². The van der Waals surface area contributed by atoms with Crippen LogP contribution in [0, 0.1) is 17.8 Å². The highest BCUT2D eigenvalue weighted by Crippen LogP contribution is 2.45. The van der Waals surface area contributed by atoms with E-state index in [4.69, 9.17) is 0 Å². The molecule has 0 aromatic rings. The fourth-order valence-corrected chi connectivity index (χ4v) is 2.51. The first kappa shape index (κ1) is 7.08. The Labute approximate surface area is 67.5 Å². The second-order valence-corrected chi connectivity index (χ2v) is 3.78. The molecular weight excluding hydrogens is 136 g/mol. The monoisotopic (exact) mass is 150 g/mol. The number of carbonyl (C=O) groups excluding carboxylic acids is 1. The van der Waals surface area contributed by atoms with E-state index in [1.807, 2.05) is 0 Å². The van der Waals surface area contributed by atoms with Crippen LogP contribution >= 0.6 is 0 Å². The summed E-state index contributed by atoms with van der Waals surface area (Å²) in [5, 5.41) is 0. The lowest BCUT2D eigenvalue weighted by Gasteiger charge is -2.15. The van der Waals surface area contributed by atoms with Crippen LogP contribution in [0.2, 0.25) is 0 Å². The average Bonchev–Trinajstić information content (AvgIpc) is 2.60. The second kappa shape index (κ2) is 2.80. The number of allylic oxidation sites excluding steroid dienone is 2. The van der Waals surface area contributed by atoms with Gasteiger partial charge in [-0.25, -0.2) is 0 Å². The third kappa shape index (κ3) is 1.24. The molecule has 0 spiro atoms. The minimum Gasteiger partial charge on any atom is -0.303 e. The summed E-state index contributed by atoms with van der Waals surface area (Å²) in [7, 11) is 0. The first-order valence-electron chi connectivity index (χ1n) is 4.52. The van der Waals surface area contributed by atoms with Crippen LogP contribution in [0.25, 0.3) is 0 Å². The third-order valence-corrected chi connectivity index (χ3v) is 3.07. The Morgan fingerprint density at radius 1 is 1.36 bits per heavy atom. The van der Waals surface area contributed by atoms with Crippen LogP contribution in [0.4, 0.5) is 0 Å². The van der Waals surface area contributed by atoms with Crippen molar-refractivity contribution in [3.8, 4) is 0 Å². The van der Waals surface area contributed by atoms with Gasteiger partial charge in [-0.1, -0.05) is 12.2 Å². The van der Waals surface area contributed by atoms with Crippen molar-refractivity contribution in [1.29, 1.82) is 0 Å². The summed E-state index contributed by atoms with van der Waals surface area (Å²) in [5.41, 5.74) is 0.